The van der Waals surface area contributed by atoms with Crippen molar-refractivity contribution < 1.29 is 9.84 Å². The van der Waals surface area contributed by atoms with Crippen LogP contribution in [0.25, 0.3) is 10.9 Å². The van der Waals surface area contributed by atoms with Crippen molar-refractivity contribution in [1.29, 1.82) is 0 Å². The van der Waals surface area contributed by atoms with Crippen molar-refractivity contribution in [2.24, 2.45) is 5.41 Å². The fraction of sp³-hybridized carbons (Fsp3) is 0.565. The van der Waals surface area contributed by atoms with Crippen LogP contribution in [0, 0.1) is 5.41 Å². The van der Waals surface area contributed by atoms with Crippen LogP contribution in [0.5, 0.6) is 0 Å². The molecule has 0 bridgehead atoms. The Morgan fingerprint density at radius 1 is 1.16 bits per heavy atom. The Morgan fingerprint density at radius 2 is 2.00 bits per heavy atom. The second-order valence-corrected chi connectivity index (χ2v) is 9.12. The zero-order chi connectivity index (χ0) is 22.1. The summed E-state index contributed by atoms with van der Waals surface area (Å²) >= 11 is 0. The van der Waals surface area contributed by atoms with Crippen LogP contribution in [-0.2, 0) is 11.3 Å². The van der Waals surface area contributed by atoms with Crippen LogP contribution in [0.15, 0.2) is 30.6 Å². The van der Waals surface area contributed by atoms with Crippen LogP contribution in [0.2, 0.25) is 0 Å². The normalized spacial score (nSPS) is 23.0. The predicted molar refractivity (Wildman–Crippen MR) is 123 cm³/mol. The van der Waals surface area contributed by atoms with Gasteiger partial charge in [-0.05, 0) is 43.2 Å². The van der Waals surface area contributed by atoms with Gasteiger partial charge in [0.2, 0.25) is 0 Å². The van der Waals surface area contributed by atoms with Gasteiger partial charge in [0.25, 0.3) is 0 Å². The maximum Gasteiger partial charge on any atom is 0.162 e. The lowest BCUT2D eigenvalue weighted by molar-refractivity contribution is 0.0248. The van der Waals surface area contributed by atoms with Gasteiger partial charge in [-0.3, -0.25) is 4.68 Å². The van der Waals surface area contributed by atoms with E-state index in [1.54, 1.807) is 6.20 Å². The molecule has 2 saturated heterocycles. The number of anilines is 2. The van der Waals surface area contributed by atoms with E-state index in [2.05, 4.69) is 55.4 Å². The van der Waals surface area contributed by atoms with E-state index in [0.29, 0.717) is 6.54 Å². The number of hydrogen-bond donors (Lipinski definition) is 1. The van der Waals surface area contributed by atoms with Crippen molar-refractivity contribution in [3.05, 3.63) is 36.2 Å². The first kappa shape index (κ1) is 21.1. The molecule has 3 aromatic rings. The Morgan fingerprint density at radius 3 is 2.78 bits per heavy atom. The Labute approximate surface area is 188 Å². The zero-order valence-corrected chi connectivity index (χ0v) is 18.8. The molecule has 4 heterocycles. The van der Waals surface area contributed by atoms with Crippen LogP contribution in [0.1, 0.15) is 38.4 Å². The largest absolute Gasteiger partial charge is 0.388 e. The number of aliphatic hydroxyl groups is 1. The maximum absolute atomic E-state index is 11.2. The second kappa shape index (κ2) is 8.63. The number of nitrogens with zero attached hydrogens (tertiary/aromatic N) is 7. The molecule has 0 amide bonds. The second-order valence-electron chi connectivity index (χ2n) is 9.12. The summed E-state index contributed by atoms with van der Waals surface area (Å²) in [5.74, 6) is 0.839. The molecule has 0 saturated carbocycles. The highest BCUT2D eigenvalue weighted by molar-refractivity contribution is 5.91. The predicted octanol–water partition coefficient (Wildman–Crippen LogP) is 2.42. The minimum atomic E-state index is -0.584. The Kier molecular flexibility index (Phi) is 5.69. The molecule has 1 aromatic carbocycles. The van der Waals surface area contributed by atoms with Crippen molar-refractivity contribution in [1.82, 2.24) is 25.2 Å². The van der Waals surface area contributed by atoms with E-state index >= 15 is 0 Å². The first-order valence-corrected chi connectivity index (χ1v) is 11.5. The highest BCUT2D eigenvalue weighted by Gasteiger charge is 2.39. The number of benzene rings is 1. The van der Waals surface area contributed by atoms with Crippen molar-refractivity contribution in [2.45, 2.75) is 39.3 Å². The highest BCUT2D eigenvalue weighted by Crippen LogP contribution is 2.42. The summed E-state index contributed by atoms with van der Waals surface area (Å²) in [6, 6.07) is 6.33. The number of aromatic nitrogens is 5. The van der Waals surface area contributed by atoms with E-state index in [-0.39, 0.29) is 5.41 Å². The van der Waals surface area contributed by atoms with Gasteiger partial charge >= 0.3 is 0 Å². The van der Waals surface area contributed by atoms with Crippen molar-refractivity contribution in [3.63, 3.8) is 0 Å². The molecule has 2 aromatic heterocycles. The molecule has 2 atom stereocenters. The molecule has 2 fully saturated rings. The summed E-state index contributed by atoms with van der Waals surface area (Å²) in [7, 11) is 0. The van der Waals surface area contributed by atoms with Gasteiger partial charge in [-0.15, -0.1) is 10.2 Å². The van der Waals surface area contributed by atoms with Crippen LogP contribution >= 0.6 is 0 Å². The smallest absolute Gasteiger partial charge is 0.162 e. The fourth-order valence-electron chi connectivity index (χ4n) is 4.98. The van der Waals surface area contributed by atoms with E-state index in [9.17, 15) is 5.11 Å². The van der Waals surface area contributed by atoms with Gasteiger partial charge in [0.15, 0.2) is 5.82 Å². The summed E-state index contributed by atoms with van der Waals surface area (Å²) in [4.78, 5) is 4.57. The van der Waals surface area contributed by atoms with Crippen LogP contribution in [-0.4, -0.2) is 69.7 Å². The fourth-order valence-corrected chi connectivity index (χ4v) is 4.98. The molecule has 2 aliphatic heterocycles. The summed E-state index contributed by atoms with van der Waals surface area (Å²) in [5.41, 5.74) is 2.55. The van der Waals surface area contributed by atoms with E-state index in [0.717, 1.165) is 80.2 Å². The quantitative estimate of drug-likeness (QED) is 0.651. The number of morpholine rings is 1. The maximum atomic E-state index is 11.2. The standard InChI is InChI=1S/C23H31N7O2/c1-3-30-15-17(14-24-30)21(31)23(2)7-4-8-29(16-23)22-19-6-5-18(13-20(19)25-27-26-22)28-9-11-32-12-10-28/h5-6,13-15,21,31H,3-4,7-12,16H2,1-2H3. The molecule has 9 nitrogen and oxygen atoms in total. The van der Waals surface area contributed by atoms with Gasteiger partial charge in [0, 0.05) is 61.0 Å². The number of ether oxygens (including phenoxy) is 1. The third-order valence-electron chi connectivity index (χ3n) is 6.87. The number of fused-ring (bicyclic) bond motifs is 1. The molecule has 170 valence electrons. The molecular weight excluding hydrogens is 406 g/mol. The Balaban J connectivity index is 1.41. The summed E-state index contributed by atoms with van der Waals surface area (Å²) in [6.45, 7) is 9.84. The van der Waals surface area contributed by atoms with Gasteiger partial charge in [0.1, 0.15) is 5.52 Å². The van der Waals surface area contributed by atoms with Gasteiger partial charge in [-0.2, -0.15) is 5.10 Å². The lowest BCUT2D eigenvalue weighted by Gasteiger charge is -2.43. The lowest BCUT2D eigenvalue weighted by Crippen LogP contribution is -2.45. The molecule has 9 heteroatoms. The van der Waals surface area contributed by atoms with Gasteiger partial charge in [0.05, 0.1) is 25.5 Å². The molecule has 0 spiro atoms. The van der Waals surface area contributed by atoms with Gasteiger partial charge in [-0.1, -0.05) is 6.92 Å². The van der Waals surface area contributed by atoms with E-state index in [1.807, 2.05) is 17.8 Å². The van der Waals surface area contributed by atoms with Crippen LogP contribution in [0.4, 0.5) is 11.5 Å². The number of aliphatic hydroxyl groups excluding tert-OH is 1. The van der Waals surface area contributed by atoms with Crippen LogP contribution in [0.3, 0.4) is 0 Å². The molecule has 2 aliphatic rings. The summed E-state index contributed by atoms with van der Waals surface area (Å²) < 4.78 is 7.33. The number of hydrogen-bond acceptors (Lipinski definition) is 8. The van der Waals surface area contributed by atoms with Crippen LogP contribution < -0.4 is 9.80 Å². The molecule has 2 unspecified atom stereocenters. The highest BCUT2D eigenvalue weighted by atomic mass is 16.5. The number of aryl methyl sites for hydroxylation is 1. The first-order valence-electron chi connectivity index (χ1n) is 11.5. The molecule has 32 heavy (non-hydrogen) atoms. The summed E-state index contributed by atoms with van der Waals surface area (Å²) in [6.07, 6.45) is 5.07. The first-order chi connectivity index (χ1) is 15.6. The van der Waals surface area contributed by atoms with Gasteiger partial charge < -0.3 is 19.6 Å². The van der Waals surface area contributed by atoms with Crippen molar-refractivity contribution in [3.8, 4) is 0 Å². The third kappa shape index (κ3) is 3.91. The Bertz CT molecular complexity index is 1080. The van der Waals surface area contributed by atoms with E-state index in [1.165, 1.54) is 0 Å². The molecule has 0 aliphatic carbocycles. The summed E-state index contributed by atoms with van der Waals surface area (Å²) in [5, 5.41) is 29.4. The average molecular weight is 438 g/mol. The molecular formula is C23H31N7O2. The minimum Gasteiger partial charge on any atom is -0.388 e. The SMILES string of the molecule is CCn1cc(C(O)C2(C)CCCN(c3nnnc4cc(N5CCOCC5)ccc34)C2)cn1. The van der Waals surface area contributed by atoms with Crippen molar-refractivity contribution >= 4 is 22.4 Å². The van der Waals surface area contributed by atoms with E-state index < -0.39 is 6.10 Å². The van der Waals surface area contributed by atoms with Gasteiger partial charge in [-0.25, -0.2) is 0 Å². The van der Waals surface area contributed by atoms with Crippen molar-refractivity contribution in [2.75, 3.05) is 49.2 Å². The minimum absolute atomic E-state index is 0.301. The number of piperidine rings is 1. The lowest BCUT2D eigenvalue weighted by atomic mass is 9.75. The number of rotatable bonds is 5. The monoisotopic (exact) mass is 437 g/mol. The molecule has 5 rings (SSSR count). The zero-order valence-electron chi connectivity index (χ0n) is 18.8. The molecule has 1 N–H and O–H groups in total. The third-order valence-corrected chi connectivity index (χ3v) is 6.87. The molecule has 0 radical (unpaired) electrons. The average Bonchev–Trinajstić information content (AvgIpc) is 3.32. The Hall–Kier alpha value is -2.78. The topological polar surface area (TPSA) is 92.4 Å². The van der Waals surface area contributed by atoms with E-state index in [4.69, 9.17) is 4.74 Å².